The predicted octanol–water partition coefficient (Wildman–Crippen LogP) is 3.77. The van der Waals surface area contributed by atoms with Crippen LogP contribution in [-0.2, 0) is 6.54 Å². The zero-order valence-corrected chi connectivity index (χ0v) is 21.8. The molecule has 1 aromatic carbocycles. The number of aromatic hydroxyl groups is 1. The summed E-state index contributed by atoms with van der Waals surface area (Å²) in [6, 6.07) is 6.05. The molecule has 11 heteroatoms. The maximum Gasteiger partial charge on any atom is 0.256 e. The quantitative estimate of drug-likeness (QED) is 0.308. The number of aryl methyl sites for hydroxylation is 2. The number of phenols is 1. The van der Waals surface area contributed by atoms with Gasteiger partial charge in [-0.1, -0.05) is 23.7 Å². The molecule has 0 unspecified atom stereocenters. The number of aromatic amines is 1. The van der Waals surface area contributed by atoms with Crippen LogP contribution in [0, 0.1) is 13.8 Å². The Kier molecular flexibility index (Phi) is 7.56. The lowest BCUT2D eigenvalue weighted by Crippen LogP contribution is -2.49. The first-order chi connectivity index (χ1) is 17.1. The van der Waals surface area contributed by atoms with Crippen LogP contribution in [0.25, 0.3) is 0 Å². The van der Waals surface area contributed by atoms with E-state index in [0.717, 1.165) is 48.7 Å². The van der Waals surface area contributed by atoms with Crippen LogP contribution in [0.5, 0.6) is 5.75 Å². The van der Waals surface area contributed by atoms with E-state index < -0.39 is 5.91 Å². The molecule has 1 amide bonds. The van der Waals surface area contributed by atoms with Gasteiger partial charge in [-0.25, -0.2) is 4.98 Å². The van der Waals surface area contributed by atoms with Crippen molar-refractivity contribution in [1.29, 1.82) is 0 Å². The predicted molar refractivity (Wildman–Crippen MR) is 143 cm³/mol. The molecule has 0 bridgehead atoms. The number of carbonyl (C=O) groups is 1. The second-order valence-corrected chi connectivity index (χ2v) is 9.80. The standard InChI is InChI=1S/C25H33ClN8O2/c1-14(2)33-5-7-34(8-6-33)25-19(26)11-18(13-29-25)30-24-20(22(27)36)23(31-32-24)28-12-17-9-15(3)21(35)16(4)10-17/h9-11,13-14,35H,5-8,12H2,1-4H3,(H2,27,36)(H3,28,30,31,32). The first kappa shape index (κ1) is 25.6. The van der Waals surface area contributed by atoms with Gasteiger partial charge in [0.2, 0.25) is 0 Å². The fraction of sp³-hybridized carbons (Fsp3) is 0.400. The van der Waals surface area contributed by atoms with Crippen molar-refractivity contribution in [3.05, 3.63) is 51.7 Å². The summed E-state index contributed by atoms with van der Waals surface area (Å²) in [6.45, 7) is 12.1. The van der Waals surface area contributed by atoms with Crippen molar-refractivity contribution < 1.29 is 9.90 Å². The molecule has 3 aromatic rings. The maximum absolute atomic E-state index is 12.3. The van der Waals surface area contributed by atoms with Gasteiger partial charge in [-0.15, -0.1) is 0 Å². The Balaban J connectivity index is 1.47. The highest BCUT2D eigenvalue weighted by atomic mass is 35.5. The summed E-state index contributed by atoms with van der Waals surface area (Å²) < 4.78 is 0. The number of halogens is 1. The molecule has 1 aliphatic heterocycles. The number of aromatic nitrogens is 3. The highest BCUT2D eigenvalue weighted by Gasteiger charge is 2.23. The summed E-state index contributed by atoms with van der Waals surface area (Å²) in [5.41, 5.74) is 8.97. The number of primary amides is 1. The van der Waals surface area contributed by atoms with Crippen molar-refractivity contribution in [1.82, 2.24) is 20.1 Å². The van der Waals surface area contributed by atoms with Crippen LogP contribution >= 0.6 is 11.6 Å². The molecule has 0 saturated carbocycles. The Bertz CT molecular complexity index is 1230. The summed E-state index contributed by atoms with van der Waals surface area (Å²) in [6.07, 6.45) is 1.67. The van der Waals surface area contributed by atoms with Gasteiger partial charge in [0.1, 0.15) is 22.9 Å². The van der Waals surface area contributed by atoms with Crippen LogP contribution in [0.2, 0.25) is 5.02 Å². The Morgan fingerprint density at radius 1 is 1.19 bits per heavy atom. The van der Waals surface area contributed by atoms with Gasteiger partial charge in [-0.2, -0.15) is 5.10 Å². The molecule has 1 saturated heterocycles. The van der Waals surface area contributed by atoms with E-state index in [0.29, 0.717) is 29.1 Å². The summed E-state index contributed by atoms with van der Waals surface area (Å²) >= 11 is 6.58. The number of nitrogens with two attached hydrogens (primary N) is 1. The monoisotopic (exact) mass is 512 g/mol. The molecular formula is C25H33ClN8O2. The van der Waals surface area contributed by atoms with E-state index in [2.05, 4.69) is 49.5 Å². The molecule has 0 radical (unpaired) electrons. The third-order valence-corrected chi connectivity index (χ3v) is 6.74. The topological polar surface area (TPSA) is 135 Å². The van der Waals surface area contributed by atoms with Crippen LogP contribution in [0.1, 0.15) is 40.9 Å². The van der Waals surface area contributed by atoms with E-state index in [1.165, 1.54) is 0 Å². The number of nitrogens with zero attached hydrogens (tertiary/aromatic N) is 4. The average Bonchev–Trinajstić information content (AvgIpc) is 3.24. The number of amides is 1. The van der Waals surface area contributed by atoms with Gasteiger partial charge in [0.25, 0.3) is 5.91 Å². The van der Waals surface area contributed by atoms with E-state index in [4.69, 9.17) is 17.3 Å². The highest BCUT2D eigenvalue weighted by molar-refractivity contribution is 6.33. The summed E-state index contributed by atoms with van der Waals surface area (Å²) in [5, 5.41) is 23.9. The largest absolute Gasteiger partial charge is 0.507 e. The zero-order chi connectivity index (χ0) is 26.0. The molecule has 0 spiro atoms. The number of hydrogen-bond acceptors (Lipinski definition) is 8. The smallest absolute Gasteiger partial charge is 0.256 e. The van der Waals surface area contributed by atoms with E-state index in [-0.39, 0.29) is 17.1 Å². The molecule has 0 aliphatic carbocycles. The van der Waals surface area contributed by atoms with Crippen LogP contribution in [0.3, 0.4) is 0 Å². The van der Waals surface area contributed by atoms with Gasteiger partial charge < -0.3 is 26.4 Å². The Hall–Kier alpha value is -3.50. The lowest BCUT2D eigenvalue weighted by molar-refractivity contribution is 0.100. The van der Waals surface area contributed by atoms with Gasteiger partial charge >= 0.3 is 0 Å². The number of H-pyrrole nitrogens is 1. The van der Waals surface area contributed by atoms with E-state index in [9.17, 15) is 9.90 Å². The lowest BCUT2D eigenvalue weighted by Gasteiger charge is -2.37. The highest BCUT2D eigenvalue weighted by Crippen LogP contribution is 2.30. The molecule has 1 aliphatic rings. The summed E-state index contributed by atoms with van der Waals surface area (Å²) in [5.74, 6) is 1.06. The van der Waals surface area contributed by atoms with Crippen molar-refractivity contribution in [2.75, 3.05) is 41.7 Å². The van der Waals surface area contributed by atoms with Crippen molar-refractivity contribution in [3.8, 4) is 5.75 Å². The second kappa shape index (κ2) is 10.6. The molecule has 0 atom stereocenters. The van der Waals surface area contributed by atoms with Gasteiger partial charge in [0, 0.05) is 38.8 Å². The molecule has 2 aromatic heterocycles. The molecule has 192 valence electrons. The number of rotatable bonds is 8. The Morgan fingerprint density at radius 2 is 1.86 bits per heavy atom. The summed E-state index contributed by atoms with van der Waals surface area (Å²) in [7, 11) is 0. The van der Waals surface area contributed by atoms with Crippen LogP contribution in [0.15, 0.2) is 24.4 Å². The number of benzene rings is 1. The van der Waals surface area contributed by atoms with Crippen LogP contribution in [-0.4, -0.2) is 63.3 Å². The SMILES string of the molecule is Cc1cc(CNc2[nH]nc(Nc3cnc(N4CCN(C(C)C)CC4)c(Cl)c3)c2C(N)=O)cc(C)c1O. The minimum absolute atomic E-state index is 0.201. The van der Waals surface area contributed by atoms with Crippen LogP contribution < -0.4 is 21.3 Å². The van der Waals surface area contributed by atoms with Crippen molar-refractivity contribution >= 4 is 40.6 Å². The number of anilines is 4. The fourth-order valence-electron chi connectivity index (χ4n) is 4.46. The number of carbonyl (C=O) groups excluding carboxylic acids is 1. The minimum atomic E-state index is -0.634. The normalized spacial score (nSPS) is 14.3. The molecule has 36 heavy (non-hydrogen) atoms. The summed E-state index contributed by atoms with van der Waals surface area (Å²) in [4.78, 5) is 21.4. The number of pyridine rings is 1. The van der Waals surface area contributed by atoms with Crippen molar-refractivity contribution in [2.45, 2.75) is 40.3 Å². The third kappa shape index (κ3) is 5.50. The fourth-order valence-corrected chi connectivity index (χ4v) is 4.74. The number of phenolic OH excluding ortho intramolecular Hbond substituents is 1. The molecule has 3 heterocycles. The van der Waals surface area contributed by atoms with E-state index >= 15 is 0 Å². The Labute approximate surface area is 215 Å². The maximum atomic E-state index is 12.3. The van der Waals surface area contributed by atoms with E-state index in [1.807, 2.05) is 26.0 Å². The lowest BCUT2D eigenvalue weighted by atomic mass is 10.1. The van der Waals surface area contributed by atoms with E-state index in [1.54, 1.807) is 12.3 Å². The second-order valence-electron chi connectivity index (χ2n) is 9.39. The molecule has 4 rings (SSSR count). The minimum Gasteiger partial charge on any atom is -0.507 e. The molecule has 10 nitrogen and oxygen atoms in total. The van der Waals surface area contributed by atoms with Crippen molar-refractivity contribution in [2.24, 2.45) is 5.73 Å². The Morgan fingerprint density at radius 3 is 2.44 bits per heavy atom. The van der Waals surface area contributed by atoms with Gasteiger partial charge in [0.05, 0.1) is 16.9 Å². The zero-order valence-electron chi connectivity index (χ0n) is 21.0. The first-order valence-corrected chi connectivity index (χ1v) is 12.3. The molecule has 1 fully saturated rings. The third-order valence-electron chi connectivity index (χ3n) is 6.46. The van der Waals surface area contributed by atoms with Gasteiger partial charge in [0.15, 0.2) is 5.82 Å². The molecular weight excluding hydrogens is 480 g/mol. The first-order valence-electron chi connectivity index (χ1n) is 12.0. The average molecular weight is 513 g/mol. The van der Waals surface area contributed by atoms with Crippen molar-refractivity contribution in [3.63, 3.8) is 0 Å². The van der Waals surface area contributed by atoms with Gasteiger partial charge in [-0.3, -0.25) is 14.8 Å². The number of hydrogen-bond donors (Lipinski definition) is 5. The van der Waals surface area contributed by atoms with Crippen LogP contribution in [0.4, 0.5) is 23.1 Å². The molecule has 6 N–H and O–H groups in total. The van der Waals surface area contributed by atoms with Gasteiger partial charge in [-0.05, 0) is 50.5 Å². The number of piperazine rings is 1. The number of nitrogens with one attached hydrogen (secondary N) is 3.